The summed E-state index contributed by atoms with van der Waals surface area (Å²) in [5, 5.41) is 0. The molecule has 1 aliphatic rings. The smallest absolute Gasteiger partial charge is 0.307 e. The van der Waals surface area contributed by atoms with E-state index >= 15 is 0 Å². The van der Waals surface area contributed by atoms with E-state index in [2.05, 4.69) is 0 Å². The van der Waals surface area contributed by atoms with Gasteiger partial charge in [-0.05, 0) is 23.1 Å². The van der Waals surface area contributed by atoms with Gasteiger partial charge >= 0.3 is 5.97 Å². The molecule has 3 rings (SSSR count). The second kappa shape index (κ2) is 8.21. The molecule has 0 bridgehead atoms. The summed E-state index contributed by atoms with van der Waals surface area (Å²) in [4.78, 5) is 26.4. The second-order valence-electron chi connectivity index (χ2n) is 6.77. The Kier molecular flexibility index (Phi) is 5.75. The van der Waals surface area contributed by atoms with Gasteiger partial charge in [0, 0.05) is 20.3 Å². The molecule has 27 heavy (non-hydrogen) atoms. The third kappa shape index (κ3) is 3.95. The van der Waals surface area contributed by atoms with E-state index in [-0.39, 0.29) is 24.0 Å². The standard InChI is InChI=1S/C23H25NO3/c1-4-20-22(27-17(3)26)15-21(18-11-7-5-8-12-18)24(16(2)25)23(20)19-13-9-6-10-14-19/h5-14,21,23H,4,15H2,1-3H3/t21-,23-/m0/s1. The third-order valence-corrected chi connectivity index (χ3v) is 4.99. The maximum Gasteiger partial charge on any atom is 0.307 e. The molecular formula is C23H25NO3. The van der Waals surface area contributed by atoms with Crippen molar-refractivity contribution in [1.82, 2.24) is 4.90 Å². The van der Waals surface area contributed by atoms with E-state index in [1.54, 1.807) is 6.92 Å². The number of hydrogen-bond acceptors (Lipinski definition) is 3. The first kappa shape index (κ1) is 18.9. The average Bonchev–Trinajstić information content (AvgIpc) is 2.67. The van der Waals surface area contributed by atoms with Gasteiger partial charge in [0.05, 0.1) is 12.1 Å². The van der Waals surface area contributed by atoms with E-state index in [1.165, 1.54) is 6.92 Å². The van der Waals surface area contributed by atoms with Gasteiger partial charge in [-0.1, -0.05) is 67.6 Å². The molecule has 0 unspecified atom stereocenters. The van der Waals surface area contributed by atoms with Crippen molar-refractivity contribution in [1.29, 1.82) is 0 Å². The molecule has 2 aromatic rings. The van der Waals surface area contributed by atoms with Crippen LogP contribution in [-0.4, -0.2) is 16.8 Å². The van der Waals surface area contributed by atoms with Gasteiger partial charge in [-0.3, -0.25) is 9.59 Å². The normalized spacial score (nSPS) is 19.7. The molecule has 0 saturated carbocycles. The van der Waals surface area contributed by atoms with Crippen molar-refractivity contribution in [2.45, 2.75) is 45.7 Å². The van der Waals surface area contributed by atoms with Crippen molar-refractivity contribution in [3.05, 3.63) is 83.1 Å². The number of ether oxygens (including phenoxy) is 1. The summed E-state index contributed by atoms with van der Waals surface area (Å²) >= 11 is 0. The number of nitrogens with zero attached hydrogens (tertiary/aromatic N) is 1. The number of carbonyl (C=O) groups excluding carboxylic acids is 2. The average molecular weight is 363 g/mol. The molecule has 2 aromatic carbocycles. The maximum atomic E-state index is 12.8. The molecule has 1 amide bonds. The minimum atomic E-state index is -0.328. The quantitative estimate of drug-likeness (QED) is 0.722. The zero-order valence-corrected chi connectivity index (χ0v) is 16.0. The molecule has 0 aromatic heterocycles. The van der Waals surface area contributed by atoms with Crippen LogP contribution >= 0.6 is 0 Å². The molecule has 2 atom stereocenters. The number of hydrogen-bond donors (Lipinski definition) is 0. The number of carbonyl (C=O) groups is 2. The molecule has 1 heterocycles. The van der Waals surface area contributed by atoms with Gasteiger partial charge in [0.1, 0.15) is 5.76 Å². The monoisotopic (exact) mass is 363 g/mol. The lowest BCUT2D eigenvalue weighted by Crippen LogP contribution is -2.41. The minimum absolute atomic E-state index is 0.00512. The van der Waals surface area contributed by atoms with Gasteiger partial charge < -0.3 is 9.64 Å². The first-order valence-corrected chi connectivity index (χ1v) is 9.32. The number of esters is 1. The molecule has 1 aliphatic heterocycles. The van der Waals surface area contributed by atoms with Crippen molar-refractivity contribution in [2.24, 2.45) is 0 Å². The van der Waals surface area contributed by atoms with Crippen LogP contribution in [0.2, 0.25) is 0 Å². The highest BCUT2D eigenvalue weighted by Gasteiger charge is 2.39. The van der Waals surface area contributed by atoms with Gasteiger partial charge in [-0.2, -0.15) is 0 Å². The van der Waals surface area contributed by atoms with E-state index in [0.717, 1.165) is 16.7 Å². The zero-order valence-electron chi connectivity index (χ0n) is 16.0. The Morgan fingerprint density at radius 1 is 0.963 bits per heavy atom. The van der Waals surface area contributed by atoms with Crippen molar-refractivity contribution in [2.75, 3.05) is 0 Å². The lowest BCUT2D eigenvalue weighted by molar-refractivity contribution is -0.139. The van der Waals surface area contributed by atoms with E-state index in [9.17, 15) is 9.59 Å². The molecular weight excluding hydrogens is 338 g/mol. The van der Waals surface area contributed by atoms with Crippen molar-refractivity contribution < 1.29 is 14.3 Å². The van der Waals surface area contributed by atoms with Crippen molar-refractivity contribution >= 4 is 11.9 Å². The molecule has 4 nitrogen and oxygen atoms in total. The zero-order chi connectivity index (χ0) is 19.4. The number of rotatable bonds is 4. The Morgan fingerprint density at radius 2 is 1.52 bits per heavy atom. The Bertz CT molecular complexity index is 842. The summed E-state index contributed by atoms with van der Waals surface area (Å²) in [6.45, 7) is 5.07. The lowest BCUT2D eigenvalue weighted by Gasteiger charge is -2.44. The fourth-order valence-corrected chi connectivity index (χ4v) is 3.93. The van der Waals surface area contributed by atoms with Crippen LogP contribution in [0.25, 0.3) is 0 Å². The molecule has 0 fully saturated rings. The molecule has 0 saturated heterocycles. The summed E-state index contributed by atoms with van der Waals surface area (Å²) in [6, 6.07) is 19.4. The van der Waals surface area contributed by atoms with Gasteiger partial charge in [0.15, 0.2) is 0 Å². The first-order valence-electron chi connectivity index (χ1n) is 9.32. The van der Waals surface area contributed by atoms with Gasteiger partial charge in [0.25, 0.3) is 0 Å². The van der Waals surface area contributed by atoms with Crippen LogP contribution in [0.15, 0.2) is 72.0 Å². The minimum Gasteiger partial charge on any atom is -0.431 e. The number of benzene rings is 2. The molecule has 0 radical (unpaired) electrons. The molecule has 0 N–H and O–H groups in total. The van der Waals surface area contributed by atoms with Gasteiger partial charge in [-0.15, -0.1) is 0 Å². The van der Waals surface area contributed by atoms with Crippen molar-refractivity contribution in [3.63, 3.8) is 0 Å². The van der Waals surface area contributed by atoms with E-state index in [1.807, 2.05) is 72.5 Å². The predicted octanol–water partition coefficient (Wildman–Crippen LogP) is 4.95. The highest BCUT2D eigenvalue weighted by atomic mass is 16.5. The Morgan fingerprint density at radius 3 is 2.00 bits per heavy atom. The van der Waals surface area contributed by atoms with Crippen LogP contribution in [0.4, 0.5) is 0 Å². The van der Waals surface area contributed by atoms with Crippen LogP contribution in [0.1, 0.15) is 56.8 Å². The van der Waals surface area contributed by atoms with Crippen LogP contribution in [0.3, 0.4) is 0 Å². The number of amides is 1. The first-order chi connectivity index (χ1) is 13.0. The second-order valence-corrected chi connectivity index (χ2v) is 6.77. The van der Waals surface area contributed by atoms with E-state index in [4.69, 9.17) is 4.74 Å². The third-order valence-electron chi connectivity index (χ3n) is 4.99. The van der Waals surface area contributed by atoms with Crippen LogP contribution < -0.4 is 0 Å². The summed E-state index contributed by atoms with van der Waals surface area (Å²) in [7, 11) is 0. The predicted molar refractivity (Wildman–Crippen MR) is 105 cm³/mol. The highest BCUT2D eigenvalue weighted by molar-refractivity contribution is 5.76. The van der Waals surface area contributed by atoms with Crippen LogP contribution in [-0.2, 0) is 14.3 Å². The molecule has 4 heteroatoms. The Balaban J connectivity index is 2.20. The summed E-state index contributed by atoms with van der Waals surface area (Å²) < 4.78 is 5.63. The summed E-state index contributed by atoms with van der Waals surface area (Å²) in [5.74, 6) is 0.363. The van der Waals surface area contributed by atoms with E-state index in [0.29, 0.717) is 18.6 Å². The molecule has 0 aliphatic carbocycles. The van der Waals surface area contributed by atoms with E-state index < -0.39 is 0 Å². The van der Waals surface area contributed by atoms with Gasteiger partial charge in [-0.25, -0.2) is 0 Å². The molecule has 140 valence electrons. The molecule has 0 spiro atoms. The summed E-state index contributed by atoms with van der Waals surface area (Å²) in [6.07, 6.45) is 1.20. The lowest BCUT2D eigenvalue weighted by atomic mass is 9.84. The topological polar surface area (TPSA) is 46.6 Å². The van der Waals surface area contributed by atoms with Crippen LogP contribution in [0, 0.1) is 0 Å². The fraction of sp³-hybridized carbons (Fsp3) is 0.304. The largest absolute Gasteiger partial charge is 0.431 e. The Labute approximate surface area is 160 Å². The van der Waals surface area contributed by atoms with Crippen LogP contribution in [0.5, 0.6) is 0 Å². The highest BCUT2D eigenvalue weighted by Crippen LogP contribution is 2.46. The van der Waals surface area contributed by atoms with Crippen molar-refractivity contribution in [3.8, 4) is 0 Å². The SMILES string of the molecule is CCC1=C(OC(C)=O)C[C@@H](c2ccccc2)N(C(C)=O)[C@H]1c1ccccc1. The fourth-order valence-electron chi connectivity index (χ4n) is 3.93. The summed E-state index contributed by atoms with van der Waals surface area (Å²) in [5.41, 5.74) is 3.04. The van der Waals surface area contributed by atoms with Gasteiger partial charge in [0.2, 0.25) is 5.91 Å². The Hall–Kier alpha value is -2.88. The maximum absolute atomic E-state index is 12.8.